The van der Waals surface area contributed by atoms with Crippen LogP contribution in [0.1, 0.15) is 26.2 Å². The molecule has 0 heterocycles. The van der Waals surface area contributed by atoms with Gasteiger partial charge >= 0.3 is 0 Å². The monoisotopic (exact) mass is 195 g/mol. The molecule has 0 aromatic carbocycles. The Bertz CT molecular complexity index is 189. The van der Waals surface area contributed by atoms with Crippen molar-refractivity contribution in [2.45, 2.75) is 26.2 Å². The van der Waals surface area contributed by atoms with Crippen LogP contribution in [0.2, 0.25) is 0 Å². The topological polar surface area (TPSA) is 66.4 Å². The average molecular weight is 195 g/mol. The van der Waals surface area contributed by atoms with E-state index in [2.05, 4.69) is 4.72 Å². The highest BCUT2D eigenvalue weighted by atomic mass is 32.2. The largest absolute Gasteiger partial charge is 0.396 e. The summed E-state index contributed by atoms with van der Waals surface area (Å²) < 4.78 is 24.2. The Hall–Kier alpha value is -0.130. The Balaban J connectivity index is 3.32. The standard InChI is InChI=1S/C7H17NO3S/c1-2-12(10,11)8-6-4-3-5-7-9/h8-9H,2-7H2,1H3. The maximum atomic E-state index is 10.9. The summed E-state index contributed by atoms with van der Waals surface area (Å²) in [7, 11) is -3.02. The Morgan fingerprint density at radius 1 is 1.25 bits per heavy atom. The van der Waals surface area contributed by atoms with Crippen LogP contribution in [0, 0.1) is 0 Å². The fourth-order valence-electron chi connectivity index (χ4n) is 0.743. The molecule has 2 N–H and O–H groups in total. The third kappa shape index (κ3) is 6.57. The van der Waals surface area contributed by atoms with E-state index in [0.29, 0.717) is 6.54 Å². The van der Waals surface area contributed by atoms with Crippen molar-refractivity contribution in [2.24, 2.45) is 0 Å². The van der Waals surface area contributed by atoms with Gasteiger partial charge in [-0.1, -0.05) is 0 Å². The molecule has 4 nitrogen and oxygen atoms in total. The molecule has 0 aliphatic rings. The van der Waals surface area contributed by atoms with Crippen LogP contribution in [0.5, 0.6) is 0 Å². The van der Waals surface area contributed by atoms with Crippen molar-refractivity contribution in [3.05, 3.63) is 0 Å². The molecule has 5 heteroatoms. The van der Waals surface area contributed by atoms with Crippen LogP contribution >= 0.6 is 0 Å². The van der Waals surface area contributed by atoms with Gasteiger partial charge in [0.2, 0.25) is 10.0 Å². The van der Waals surface area contributed by atoms with E-state index in [1.807, 2.05) is 0 Å². The van der Waals surface area contributed by atoms with Gasteiger partial charge < -0.3 is 5.11 Å². The predicted molar refractivity (Wildman–Crippen MR) is 48.4 cm³/mol. The minimum Gasteiger partial charge on any atom is -0.396 e. The first-order valence-corrected chi connectivity index (χ1v) is 5.86. The first kappa shape index (κ1) is 11.9. The van der Waals surface area contributed by atoms with E-state index in [1.165, 1.54) is 0 Å². The highest BCUT2D eigenvalue weighted by Gasteiger charge is 2.03. The first-order valence-electron chi connectivity index (χ1n) is 4.20. The summed E-state index contributed by atoms with van der Waals surface area (Å²) in [5.41, 5.74) is 0. The van der Waals surface area contributed by atoms with Crippen molar-refractivity contribution < 1.29 is 13.5 Å². The summed E-state index contributed by atoms with van der Waals surface area (Å²) in [5, 5.41) is 8.43. The molecule has 0 spiro atoms. The molecular weight excluding hydrogens is 178 g/mol. The molecule has 0 amide bonds. The molecule has 0 bridgehead atoms. The summed E-state index contributed by atoms with van der Waals surface area (Å²) in [6.45, 7) is 2.27. The van der Waals surface area contributed by atoms with E-state index in [-0.39, 0.29) is 12.4 Å². The van der Waals surface area contributed by atoms with Crippen LogP contribution < -0.4 is 4.72 Å². The van der Waals surface area contributed by atoms with E-state index < -0.39 is 10.0 Å². The van der Waals surface area contributed by atoms with Crippen LogP contribution in [0.15, 0.2) is 0 Å². The Morgan fingerprint density at radius 3 is 2.42 bits per heavy atom. The van der Waals surface area contributed by atoms with Crippen LogP contribution in [-0.2, 0) is 10.0 Å². The third-order valence-electron chi connectivity index (χ3n) is 1.54. The third-order valence-corrected chi connectivity index (χ3v) is 2.94. The minimum atomic E-state index is -3.02. The van der Waals surface area contributed by atoms with E-state index in [0.717, 1.165) is 19.3 Å². The maximum absolute atomic E-state index is 10.9. The number of hydrogen-bond acceptors (Lipinski definition) is 3. The zero-order valence-corrected chi connectivity index (χ0v) is 8.23. The highest BCUT2D eigenvalue weighted by molar-refractivity contribution is 7.89. The van der Waals surface area contributed by atoms with E-state index in [1.54, 1.807) is 6.92 Å². The molecule has 0 rings (SSSR count). The lowest BCUT2D eigenvalue weighted by atomic mass is 10.2. The lowest BCUT2D eigenvalue weighted by Crippen LogP contribution is -2.26. The van der Waals surface area contributed by atoms with Crippen molar-refractivity contribution in [3.63, 3.8) is 0 Å². The predicted octanol–water partition coefficient (Wildman–Crippen LogP) is 0.0883. The number of hydrogen-bond donors (Lipinski definition) is 2. The number of unbranched alkanes of at least 4 members (excludes halogenated alkanes) is 2. The summed E-state index contributed by atoms with van der Waals surface area (Å²) in [4.78, 5) is 0. The lowest BCUT2D eigenvalue weighted by molar-refractivity contribution is 0.283. The number of nitrogens with one attached hydrogen (secondary N) is 1. The SMILES string of the molecule is CCS(=O)(=O)NCCCCCO. The molecule has 0 aliphatic carbocycles. The van der Waals surface area contributed by atoms with Gasteiger partial charge in [-0.05, 0) is 26.2 Å². The van der Waals surface area contributed by atoms with Gasteiger partial charge in [0, 0.05) is 13.2 Å². The van der Waals surface area contributed by atoms with E-state index in [4.69, 9.17) is 5.11 Å². The van der Waals surface area contributed by atoms with Crippen LogP contribution in [0.4, 0.5) is 0 Å². The lowest BCUT2D eigenvalue weighted by Gasteiger charge is -2.02. The molecule has 74 valence electrons. The normalized spacial score (nSPS) is 11.8. The molecule has 0 atom stereocenters. The number of aliphatic hydroxyl groups excluding tert-OH is 1. The quantitative estimate of drug-likeness (QED) is 0.566. The molecule has 12 heavy (non-hydrogen) atoms. The van der Waals surface area contributed by atoms with Crippen molar-refractivity contribution in [2.75, 3.05) is 18.9 Å². The van der Waals surface area contributed by atoms with E-state index >= 15 is 0 Å². The minimum absolute atomic E-state index is 0.132. The second-order valence-corrected chi connectivity index (χ2v) is 4.68. The molecule has 0 radical (unpaired) electrons. The highest BCUT2D eigenvalue weighted by Crippen LogP contribution is 1.93. The van der Waals surface area contributed by atoms with Gasteiger partial charge in [-0.2, -0.15) is 0 Å². The van der Waals surface area contributed by atoms with Gasteiger partial charge in [-0.25, -0.2) is 13.1 Å². The number of sulfonamides is 1. The Labute approximate surface area is 74.0 Å². The fraction of sp³-hybridized carbons (Fsp3) is 1.00. The molecule has 0 saturated carbocycles. The number of aliphatic hydroxyl groups is 1. The second kappa shape index (κ2) is 6.39. The summed E-state index contributed by atoms with van der Waals surface area (Å²) in [6.07, 6.45) is 2.40. The van der Waals surface area contributed by atoms with E-state index in [9.17, 15) is 8.42 Å². The number of rotatable bonds is 7. The molecule has 0 unspecified atom stereocenters. The Kier molecular flexibility index (Phi) is 6.32. The van der Waals surface area contributed by atoms with Gasteiger partial charge in [0.05, 0.1) is 5.75 Å². The van der Waals surface area contributed by atoms with Gasteiger partial charge in [0.1, 0.15) is 0 Å². The van der Waals surface area contributed by atoms with Gasteiger partial charge in [0.15, 0.2) is 0 Å². The van der Waals surface area contributed by atoms with Crippen molar-refractivity contribution in [1.82, 2.24) is 4.72 Å². The summed E-state index contributed by atoms with van der Waals surface area (Å²) >= 11 is 0. The molecule has 0 aromatic heterocycles. The van der Waals surface area contributed by atoms with Crippen molar-refractivity contribution >= 4 is 10.0 Å². The zero-order valence-electron chi connectivity index (χ0n) is 7.41. The Morgan fingerprint density at radius 2 is 1.92 bits per heavy atom. The zero-order chi connectivity index (χ0) is 9.45. The summed E-state index contributed by atoms with van der Waals surface area (Å²) in [6, 6.07) is 0. The van der Waals surface area contributed by atoms with Crippen molar-refractivity contribution in [3.8, 4) is 0 Å². The summed E-state index contributed by atoms with van der Waals surface area (Å²) in [5.74, 6) is 0.132. The van der Waals surface area contributed by atoms with Crippen LogP contribution in [0.3, 0.4) is 0 Å². The molecular formula is C7H17NO3S. The van der Waals surface area contributed by atoms with Gasteiger partial charge in [-0.3, -0.25) is 0 Å². The van der Waals surface area contributed by atoms with Crippen molar-refractivity contribution in [1.29, 1.82) is 0 Å². The van der Waals surface area contributed by atoms with Crippen LogP contribution in [0.25, 0.3) is 0 Å². The average Bonchev–Trinajstić information content (AvgIpc) is 2.04. The van der Waals surface area contributed by atoms with Crippen LogP contribution in [-0.4, -0.2) is 32.4 Å². The van der Waals surface area contributed by atoms with Gasteiger partial charge in [-0.15, -0.1) is 0 Å². The molecule has 0 saturated heterocycles. The second-order valence-electron chi connectivity index (χ2n) is 2.58. The molecule has 0 fully saturated rings. The molecule has 0 aliphatic heterocycles. The first-order chi connectivity index (χ1) is 5.62. The van der Waals surface area contributed by atoms with Gasteiger partial charge in [0.25, 0.3) is 0 Å². The fourth-order valence-corrected chi connectivity index (χ4v) is 1.40. The molecule has 0 aromatic rings. The maximum Gasteiger partial charge on any atom is 0.211 e. The smallest absolute Gasteiger partial charge is 0.211 e.